The quantitative estimate of drug-likeness (QED) is 0.441. The number of hydrogen-bond donors (Lipinski definition) is 4. The number of rotatable bonds is 4. The Bertz CT molecular complexity index is 1120. The maximum atomic E-state index is 11.5. The lowest BCUT2D eigenvalue weighted by Gasteiger charge is -2.09. The number of anilines is 1. The van der Waals surface area contributed by atoms with Crippen LogP contribution in [0.3, 0.4) is 0 Å². The predicted octanol–water partition coefficient (Wildman–Crippen LogP) is 0.815. The molecule has 0 radical (unpaired) electrons. The second-order valence-corrected chi connectivity index (χ2v) is 7.36. The van der Waals surface area contributed by atoms with E-state index in [1.165, 1.54) is 30.5 Å². The molecule has 0 aliphatic carbocycles. The number of aliphatic imine (C=N–C) groups is 1. The molecule has 28 heavy (non-hydrogen) atoms. The summed E-state index contributed by atoms with van der Waals surface area (Å²) in [6, 6.07) is 9.15. The van der Waals surface area contributed by atoms with Crippen molar-refractivity contribution in [1.29, 1.82) is 0 Å². The highest BCUT2D eigenvalue weighted by atomic mass is 32.2. The molecule has 9 heteroatoms. The van der Waals surface area contributed by atoms with E-state index in [0.717, 1.165) is 0 Å². The number of sulfonamides is 1. The third-order valence-corrected chi connectivity index (χ3v) is 4.39. The fourth-order valence-corrected chi connectivity index (χ4v) is 2.68. The molecular weight excluding hydrogens is 376 g/mol. The average molecular weight is 396 g/mol. The van der Waals surface area contributed by atoms with Crippen molar-refractivity contribution in [2.45, 2.75) is 11.8 Å². The molecule has 0 spiro atoms. The molecule has 0 atom stereocenters. The SMILES string of the molecule is C=C(N)N=C(/C(C#Cc1ccc(N)nc1)=C(/C)N)c1ccc(S(N)(=O)=O)cc1. The summed E-state index contributed by atoms with van der Waals surface area (Å²) in [5.41, 5.74) is 19.6. The molecule has 0 amide bonds. The minimum absolute atomic E-state index is 0.0313. The Hall–Kier alpha value is -3.61. The fourth-order valence-electron chi connectivity index (χ4n) is 2.17. The summed E-state index contributed by atoms with van der Waals surface area (Å²) >= 11 is 0. The minimum atomic E-state index is -3.82. The molecular formula is C19H20N6O2S. The Morgan fingerprint density at radius 3 is 2.25 bits per heavy atom. The van der Waals surface area contributed by atoms with Crippen LogP contribution in [0.4, 0.5) is 5.82 Å². The maximum absolute atomic E-state index is 11.5. The maximum Gasteiger partial charge on any atom is 0.238 e. The number of nitrogen functional groups attached to an aromatic ring is 1. The van der Waals surface area contributed by atoms with E-state index in [1.54, 1.807) is 19.1 Å². The molecule has 0 saturated heterocycles. The van der Waals surface area contributed by atoms with Crippen LogP contribution < -0.4 is 22.3 Å². The highest BCUT2D eigenvalue weighted by Gasteiger charge is 2.13. The van der Waals surface area contributed by atoms with Crippen molar-refractivity contribution in [2.24, 2.45) is 21.6 Å². The summed E-state index contributed by atoms with van der Waals surface area (Å²) in [7, 11) is -3.82. The zero-order valence-corrected chi connectivity index (χ0v) is 16.0. The van der Waals surface area contributed by atoms with Crippen LogP contribution in [0.1, 0.15) is 18.1 Å². The van der Waals surface area contributed by atoms with Gasteiger partial charge in [0.15, 0.2) is 0 Å². The molecule has 8 N–H and O–H groups in total. The van der Waals surface area contributed by atoms with E-state index in [-0.39, 0.29) is 10.7 Å². The number of nitrogens with two attached hydrogens (primary N) is 4. The number of primary sulfonamides is 1. The number of hydrogen-bond acceptors (Lipinski definition) is 7. The molecule has 0 fully saturated rings. The smallest absolute Gasteiger partial charge is 0.238 e. The first kappa shape index (κ1) is 20.7. The van der Waals surface area contributed by atoms with E-state index >= 15 is 0 Å². The zero-order valence-electron chi connectivity index (χ0n) is 15.2. The molecule has 0 unspecified atom stereocenters. The van der Waals surface area contributed by atoms with Crippen molar-refractivity contribution in [3.8, 4) is 11.8 Å². The number of nitrogens with zero attached hydrogens (tertiary/aromatic N) is 2. The monoisotopic (exact) mass is 396 g/mol. The Morgan fingerprint density at radius 2 is 1.79 bits per heavy atom. The van der Waals surface area contributed by atoms with Crippen LogP contribution in [0.25, 0.3) is 0 Å². The summed E-state index contributed by atoms with van der Waals surface area (Å²) in [5.74, 6) is 6.32. The van der Waals surface area contributed by atoms with E-state index in [2.05, 4.69) is 28.4 Å². The van der Waals surface area contributed by atoms with Crippen molar-refractivity contribution in [1.82, 2.24) is 4.98 Å². The Morgan fingerprint density at radius 1 is 1.14 bits per heavy atom. The van der Waals surface area contributed by atoms with Crippen LogP contribution in [-0.4, -0.2) is 19.1 Å². The summed E-state index contributed by atoms with van der Waals surface area (Å²) in [4.78, 5) is 8.18. The lowest BCUT2D eigenvalue weighted by Crippen LogP contribution is -2.14. The molecule has 1 heterocycles. The molecule has 0 aliphatic rings. The topological polar surface area (TPSA) is 163 Å². The lowest BCUT2D eigenvalue weighted by molar-refractivity contribution is 0.598. The van der Waals surface area contributed by atoms with Crippen LogP contribution >= 0.6 is 0 Å². The molecule has 1 aromatic heterocycles. The first-order chi connectivity index (χ1) is 13.1. The van der Waals surface area contributed by atoms with E-state index in [0.29, 0.717) is 33.9 Å². The van der Waals surface area contributed by atoms with Crippen molar-refractivity contribution in [3.05, 3.63) is 77.4 Å². The largest absolute Gasteiger partial charge is 0.401 e. The third kappa shape index (κ3) is 5.44. The Balaban J connectivity index is 2.55. The molecule has 0 aliphatic heterocycles. The molecule has 2 rings (SSSR count). The normalized spacial score (nSPS) is 12.6. The predicted molar refractivity (Wildman–Crippen MR) is 110 cm³/mol. The van der Waals surface area contributed by atoms with E-state index in [4.69, 9.17) is 22.3 Å². The molecule has 1 aromatic carbocycles. The Labute approximate surface area is 163 Å². The zero-order chi connectivity index (χ0) is 20.9. The van der Waals surface area contributed by atoms with Crippen molar-refractivity contribution < 1.29 is 8.42 Å². The van der Waals surface area contributed by atoms with Crippen LogP contribution in [0, 0.1) is 11.8 Å². The standard InChI is InChI=1S/C19H20N6O2S/c1-12(20)17(9-3-14-4-10-18(22)24-11-14)19(25-13(2)21)15-5-7-16(8-6-15)28(23,26)27/h4-8,10-11H,2,20-21H2,1H3,(H2,22,24)(H2,23,26,27)/b17-12-,25-19?. The highest BCUT2D eigenvalue weighted by molar-refractivity contribution is 7.89. The molecule has 0 saturated carbocycles. The van der Waals surface area contributed by atoms with Gasteiger partial charge in [0.25, 0.3) is 0 Å². The van der Waals surface area contributed by atoms with Gasteiger partial charge in [-0.15, -0.1) is 0 Å². The van der Waals surface area contributed by atoms with Crippen LogP contribution in [0.5, 0.6) is 0 Å². The van der Waals surface area contributed by atoms with Gasteiger partial charge in [0, 0.05) is 23.0 Å². The summed E-state index contributed by atoms with van der Waals surface area (Å²) in [6.07, 6.45) is 1.53. The van der Waals surface area contributed by atoms with E-state index in [9.17, 15) is 8.42 Å². The number of allylic oxidation sites excluding steroid dienone is 2. The van der Waals surface area contributed by atoms with Gasteiger partial charge in [0.2, 0.25) is 10.0 Å². The lowest BCUT2D eigenvalue weighted by atomic mass is 10.0. The van der Waals surface area contributed by atoms with Gasteiger partial charge >= 0.3 is 0 Å². The molecule has 144 valence electrons. The van der Waals surface area contributed by atoms with Crippen molar-refractivity contribution >= 4 is 21.6 Å². The number of benzene rings is 1. The molecule has 0 bridgehead atoms. The fraction of sp³-hybridized carbons (Fsp3) is 0.0526. The number of aromatic nitrogens is 1. The van der Waals surface area contributed by atoms with Gasteiger partial charge in [-0.3, -0.25) is 0 Å². The summed E-state index contributed by atoms with van der Waals surface area (Å²) in [5, 5.41) is 5.14. The third-order valence-electron chi connectivity index (χ3n) is 3.46. The average Bonchev–Trinajstić information content (AvgIpc) is 2.61. The molecule has 8 nitrogen and oxygen atoms in total. The second kappa shape index (κ2) is 8.39. The first-order valence-corrected chi connectivity index (χ1v) is 9.49. The van der Waals surface area contributed by atoms with Crippen molar-refractivity contribution in [3.63, 3.8) is 0 Å². The van der Waals surface area contributed by atoms with Gasteiger partial charge in [0.1, 0.15) is 11.6 Å². The highest BCUT2D eigenvalue weighted by Crippen LogP contribution is 2.16. The van der Waals surface area contributed by atoms with Crippen LogP contribution in [0.2, 0.25) is 0 Å². The van der Waals surface area contributed by atoms with Gasteiger partial charge in [0.05, 0.1) is 16.2 Å². The Kier molecular flexibility index (Phi) is 6.20. The van der Waals surface area contributed by atoms with E-state index in [1.807, 2.05) is 0 Å². The van der Waals surface area contributed by atoms with Gasteiger partial charge in [-0.05, 0) is 31.2 Å². The van der Waals surface area contributed by atoms with E-state index < -0.39 is 10.0 Å². The summed E-state index contributed by atoms with van der Waals surface area (Å²) in [6.45, 7) is 5.25. The van der Waals surface area contributed by atoms with Crippen molar-refractivity contribution in [2.75, 3.05) is 5.73 Å². The minimum Gasteiger partial charge on any atom is -0.401 e. The van der Waals surface area contributed by atoms with Gasteiger partial charge < -0.3 is 17.2 Å². The first-order valence-electron chi connectivity index (χ1n) is 7.94. The van der Waals surface area contributed by atoms with Gasteiger partial charge in [-0.1, -0.05) is 30.6 Å². The second-order valence-electron chi connectivity index (χ2n) is 5.80. The summed E-state index contributed by atoms with van der Waals surface area (Å²) < 4.78 is 22.9. The number of pyridine rings is 1. The van der Waals surface area contributed by atoms with Gasteiger partial charge in [-0.2, -0.15) is 0 Å². The van der Waals surface area contributed by atoms with Gasteiger partial charge in [-0.25, -0.2) is 23.5 Å². The van der Waals surface area contributed by atoms with Crippen LogP contribution in [0.15, 0.2) is 76.2 Å². The van der Waals surface area contributed by atoms with Crippen LogP contribution in [-0.2, 0) is 10.0 Å². The molecule has 2 aromatic rings.